The van der Waals surface area contributed by atoms with E-state index in [1.165, 1.54) is 16.5 Å². The highest BCUT2D eigenvalue weighted by molar-refractivity contribution is 5.98. The summed E-state index contributed by atoms with van der Waals surface area (Å²) in [5.74, 6) is -0.213. The molecule has 1 aromatic heterocycles. The fourth-order valence-corrected chi connectivity index (χ4v) is 5.04. The van der Waals surface area contributed by atoms with Crippen LogP contribution in [-0.2, 0) is 11.2 Å². The van der Waals surface area contributed by atoms with Crippen LogP contribution in [0.25, 0.3) is 21.9 Å². The molecule has 0 saturated carbocycles. The monoisotopic (exact) mass is 477 g/mol. The number of halogens is 1. The number of carbonyl (C=O) groups is 1. The lowest BCUT2D eigenvalue weighted by Gasteiger charge is -2.32. The molecule has 0 saturated heterocycles. The number of nitriles is 1. The van der Waals surface area contributed by atoms with Crippen molar-refractivity contribution in [2.45, 2.75) is 25.2 Å². The smallest absolute Gasteiger partial charge is 0.274 e. The molecule has 178 valence electrons. The number of pyridine rings is 1. The second-order valence-corrected chi connectivity index (χ2v) is 9.38. The summed E-state index contributed by atoms with van der Waals surface area (Å²) < 4.78 is 14.0. The number of likely N-dealkylation sites (N-methyl/N-ethyl adjacent to an activating group) is 1. The van der Waals surface area contributed by atoms with Crippen molar-refractivity contribution in [2.24, 2.45) is 0 Å². The molecule has 1 amide bonds. The molecule has 7 rings (SSSR count). The van der Waals surface area contributed by atoms with Crippen LogP contribution < -0.4 is 5.32 Å². The number of rotatable bonds is 4. The van der Waals surface area contributed by atoms with Crippen LogP contribution in [0.3, 0.4) is 0 Å². The molecule has 0 spiro atoms. The number of fused-ring (bicyclic) bond motifs is 3. The summed E-state index contributed by atoms with van der Waals surface area (Å²) in [7, 11) is 1.58. The van der Waals surface area contributed by atoms with Crippen molar-refractivity contribution in [3.05, 3.63) is 95.6 Å². The van der Waals surface area contributed by atoms with Crippen molar-refractivity contribution in [1.29, 1.82) is 5.26 Å². The summed E-state index contributed by atoms with van der Waals surface area (Å²) >= 11 is 0. The highest BCUT2D eigenvalue weighted by Gasteiger charge is 2.27. The van der Waals surface area contributed by atoms with E-state index in [4.69, 9.17) is 0 Å². The third kappa shape index (κ3) is 3.72. The fraction of sp³-hybridized carbons (Fsp3) is 0.207. The summed E-state index contributed by atoms with van der Waals surface area (Å²) in [5.41, 5.74) is 6.54. The quantitative estimate of drug-likeness (QED) is 0.424. The minimum Gasteiger partial charge on any atom is -0.378 e. The summed E-state index contributed by atoms with van der Waals surface area (Å²) in [6, 6.07) is 12.7. The Morgan fingerprint density at radius 1 is 1.22 bits per heavy atom. The predicted octanol–water partition coefficient (Wildman–Crippen LogP) is 4.89. The van der Waals surface area contributed by atoms with Crippen molar-refractivity contribution in [3.8, 4) is 17.2 Å². The zero-order valence-corrected chi connectivity index (χ0v) is 19.8. The maximum atomic E-state index is 14.0. The highest BCUT2D eigenvalue weighted by atomic mass is 19.1. The van der Waals surface area contributed by atoms with Gasteiger partial charge in [-0.2, -0.15) is 5.26 Å². The van der Waals surface area contributed by atoms with Crippen LogP contribution in [0.4, 0.5) is 10.1 Å². The normalized spacial score (nSPS) is 20.1. The molecule has 2 atom stereocenters. The minimum absolute atomic E-state index is 0.0176. The molecule has 3 aromatic rings. The van der Waals surface area contributed by atoms with Crippen LogP contribution >= 0.6 is 0 Å². The molecule has 0 fully saturated rings. The Balaban J connectivity index is 1.27. The first-order valence-electron chi connectivity index (χ1n) is 12.0. The van der Waals surface area contributed by atoms with Crippen LogP contribution in [-0.4, -0.2) is 46.6 Å². The summed E-state index contributed by atoms with van der Waals surface area (Å²) in [6.45, 7) is 0.520. The van der Waals surface area contributed by atoms with Crippen LogP contribution in [0.1, 0.15) is 23.1 Å². The number of aromatic nitrogens is 1. The summed E-state index contributed by atoms with van der Waals surface area (Å²) in [4.78, 5) is 20.3. The number of benzene rings is 2. The second-order valence-electron chi connectivity index (χ2n) is 9.38. The number of hydrogen-bond acceptors (Lipinski definition) is 5. The SMILES string of the molecule is CN1C(C(=O)N2C=CC(Nc3cc(-c4cc(C#N)c5cc4C5)cc4ccncc34)CC2)=CC=CC1F. The minimum atomic E-state index is -1.30. The van der Waals surface area contributed by atoms with Gasteiger partial charge in [-0.15, -0.1) is 0 Å². The van der Waals surface area contributed by atoms with E-state index in [-0.39, 0.29) is 11.9 Å². The van der Waals surface area contributed by atoms with Crippen molar-refractivity contribution in [3.63, 3.8) is 0 Å². The van der Waals surface area contributed by atoms with Gasteiger partial charge in [-0.05, 0) is 83.0 Å². The number of amides is 1. The molecule has 2 unspecified atom stereocenters. The Labute approximate surface area is 208 Å². The number of nitrogens with one attached hydrogen (secondary N) is 1. The maximum Gasteiger partial charge on any atom is 0.274 e. The number of allylic oxidation sites excluding steroid dienone is 2. The molecule has 3 heterocycles. The van der Waals surface area contributed by atoms with Gasteiger partial charge in [0.1, 0.15) is 5.70 Å². The molecule has 7 heteroatoms. The number of anilines is 1. The van der Waals surface area contributed by atoms with Crippen molar-refractivity contribution in [2.75, 3.05) is 18.9 Å². The van der Waals surface area contributed by atoms with E-state index >= 15 is 0 Å². The molecule has 2 aromatic carbocycles. The van der Waals surface area contributed by atoms with Gasteiger partial charge in [-0.1, -0.05) is 12.1 Å². The second kappa shape index (κ2) is 8.65. The Morgan fingerprint density at radius 3 is 2.86 bits per heavy atom. The molecule has 36 heavy (non-hydrogen) atoms. The van der Waals surface area contributed by atoms with E-state index in [0.717, 1.165) is 45.1 Å². The van der Waals surface area contributed by atoms with Crippen LogP contribution in [0, 0.1) is 11.3 Å². The lowest BCUT2D eigenvalue weighted by Crippen LogP contribution is -2.41. The topological polar surface area (TPSA) is 72.3 Å². The molecule has 6 nitrogen and oxygen atoms in total. The highest BCUT2D eigenvalue weighted by Crippen LogP contribution is 2.39. The van der Waals surface area contributed by atoms with Gasteiger partial charge in [0.15, 0.2) is 6.30 Å². The number of hydrogen-bond donors (Lipinski definition) is 1. The average molecular weight is 478 g/mol. The maximum absolute atomic E-state index is 14.0. The zero-order valence-electron chi connectivity index (χ0n) is 19.8. The largest absolute Gasteiger partial charge is 0.378 e. The van der Waals surface area contributed by atoms with E-state index in [2.05, 4.69) is 34.6 Å². The van der Waals surface area contributed by atoms with Gasteiger partial charge in [-0.25, -0.2) is 4.39 Å². The van der Waals surface area contributed by atoms with E-state index < -0.39 is 6.30 Å². The van der Waals surface area contributed by atoms with Gasteiger partial charge >= 0.3 is 0 Å². The predicted molar refractivity (Wildman–Crippen MR) is 137 cm³/mol. The first-order valence-corrected chi connectivity index (χ1v) is 12.0. The number of nitrogens with zero attached hydrogens (tertiary/aromatic N) is 4. The van der Waals surface area contributed by atoms with Gasteiger partial charge < -0.3 is 15.1 Å². The number of carbonyl (C=O) groups excluding carboxylic acids is 1. The van der Waals surface area contributed by atoms with Crippen molar-refractivity contribution < 1.29 is 9.18 Å². The van der Waals surface area contributed by atoms with E-state index in [0.29, 0.717) is 18.7 Å². The van der Waals surface area contributed by atoms with E-state index in [1.54, 1.807) is 36.5 Å². The summed E-state index contributed by atoms with van der Waals surface area (Å²) in [5, 5.41) is 15.2. The summed E-state index contributed by atoms with van der Waals surface area (Å²) in [6.07, 6.45) is 12.3. The molecule has 0 radical (unpaired) electrons. The Kier molecular flexibility index (Phi) is 5.30. The van der Waals surface area contributed by atoms with E-state index in [9.17, 15) is 14.4 Å². The first kappa shape index (κ1) is 22.1. The lowest BCUT2D eigenvalue weighted by molar-refractivity contribution is -0.127. The van der Waals surface area contributed by atoms with Gasteiger partial charge in [0.25, 0.3) is 5.91 Å². The molecule has 2 bridgehead atoms. The Hall–Kier alpha value is -4.44. The van der Waals surface area contributed by atoms with Crippen molar-refractivity contribution >= 4 is 22.4 Å². The van der Waals surface area contributed by atoms with E-state index in [1.807, 2.05) is 24.4 Å². The lowest BCUT2D eigenvalue weighted by atomic mass is 9.81. The first-order chi connectivity index (χ1) is 17.5. The molecular formula is C29H24FN5O. The third-order valence-electron chi connectivity index (χ3n) is 7.17. The van der Waals surface area contributed by atoms with Gasteiger partial charge in [-0.3, -0.25) is 9.78 Å². The molecule has 4 aliphatic rings. The van der Waals surface area contributed by atoms with Crippen LogP contribution in [0.15, 0.2) is 78.9 Å². The van der Waals surface area contributed by atoms with Crippen LogP contribution in [0.2, 0.25) is 0 Å². The molecule has 2 aliphatic heterocycles. The number of alkyl halides is 1. The third-order valence-corrected chi connectivity index (χ3v) is 7.17. The van der Waals surface area contributed by atoms with Gasteiger partial charge in [0, 0.05) is 49.3 Å². The van der Waals surface area contributed by atoms with Crippen molar-refractivity contribution in [1.82, 2.24) is 14.8 Å². The Morgan fingerprint density at radius 2 is 2.08 bits per heavy atom. The molecule has 2 aliphatic carbocycles. The Bertz CT molecular complexity index is 1530. The van der Waals surface area contributed by atoms with Crippen LogP contribution in [0.5, 0.6) is 0 Å². The molecular weight excluding hydrogens is 453 g/mol. The van der Waals surface area contributed by atoms with Gasteiger partial charge in [0.2, 0.25) is 0 Å². The molecule has 1 N–H and O–H groups in total. The fourth-order valence-electron chi connectivity index (χ4n) is 5.04. The average Bonchev–Trinajstić information content (AvgIpc) is 2.89. The zero-order chi connectivity index (χ0) is 24.8. The van der Waals surface area contributed by atoms with Gasteiger partial charge in [0.05, 0.1) is 11.6 Å². The standard InChI is InChI=1S/C29H24FN5O/c1-34-27(3-2-4-28(34)30)29(36)35-9-6-23(7-10-35)33-26-15-21(11-18-5-8-32-17-25(18)26)24-14-22(16-31)19-12-20(24)13-19/h2-6,8-9,11-12,14-15,17,23,28,33H,7,10,13H2,1H3.